The summed E-state index contributed by atoms with van der Waals surface area (Å²) in [5.74, 6) is 0.421. The normalized spacial score (nSPS) is 14.1. The van der Waals surface area contributed by atoms with E-state index >= 15 is 0 Å². The number of carbonyl (C=O) groups excluding carboxylic acids is 1. The van der Waals surface area contributed by atoms with Crippen molar-refractivity contribution in [2.45, 2.75) is 26.8 Å². The molecule has 88 valence electrons. The fourth-order valence-corrected chi connectivity index (χ4v) is 1.93. The van der Waals surface area contributed by atoms with Gasteiger partial charge in [-0.15, -0.1) is 0 Å². The van der Waals surface area contributed by atoms with Crippen LogP contribution < -0.4 is 5.32 Å². The smallest absolute Gasteiger partial charge is 0.253 e. The van der Waals surface area contributed by atoms with Crippen LogP contribution in [0.5, 0.6) is 0 Å². The molecule has 2 aliphatic rings. The molecule has 1 aromatic rings. The van der Waals surface area contributed by atoms with Crippen molar-refractivity contribution in [1.82, 2.24) is 15.3 Å². The minimum atomic E-state index is -0.0116. The van der Waals surface area contributed by atoms with Crippen LogP contribution in [0.4, 0.5) is 0 Å². The Balaban J connectivity index is 1.88. The summed E-state index contributed by atoms with van der Waals surface area (Å²) < 4.78 is 0. The fraction of sp³-hybridized carbons (Fsp3) is 0.385. The first kappa shape index (κ1) is 10.3. The minimum Gasteiger partial charge on any atom is -0.359 e. The summed E-state index contributed by atoms with van der Waals surface area (Å²) in [7, 11) is 0. The molecule has 1 aromatic heterocycles. The molecule has 4 nitrogen and oxygen atoms in total. The van der Waals surface area contributed by atoms with Crippen molar-refractivity contribution >= 4 is 16.8 Å². The monoisotopic (exact) mass is 229 g/mol. The third-order valence-corrected chi connectivity index (χ3v) is 3.47. The van der Waals surface area contributed by atoms with Gasteiger partial charge in [-0.25, -0.2) is 4.98 Å². The summed E-state index contributed by atoms with van der Waals surface area (Å²) in [6, 6.07) is 2.14. The van der Waals surface area contributed by atoms with E-state index in [1.165, 1.54) is 0 Å². The van der Waals surface area contributed by atoms with Crippen LogP contribution in [0, 0.1) is 5.92 Å². The van der Waals surface area contributed by atoms with Crippen molar-refractivity contribution in [3.63, 3.8) is 0 Å². The first-order valence-electron chi connectivity index (χ1n) is 5.91. The van der Waals surface area contributed by atoms with Crippen LogP contribution in [-0.2, 0) is 0 Å². The molecule has 1 atom stereocenters. The molecule has 0 fully saturated rings. The number of fused-ring (bicyclic) bond motifs is 3. The van der Waals surface area contributed by atoms with E-state index in [4.69, 9.17) is 0 Å². The summed E-state index contributed by atoms with van der Waals surface area (Å²) in [5.41, 5.74) is 3.73. The number of hydrogen-bond acceptors (Lipinski definition) is 2. The SMILES string of the molecule is CC(C)[C@@H](C)NC(=O)c1c[nH]c2c3nc-3cc12. The minimum absolute atomic E-state index is 0.0116. The Morgan fingerprint density at radius 2 is 2.18 bits per heavy atom. The number of nitrogens with zero attached hydrogens (tertiary/aromatic N) is 1. The molecule has 4 heteroatoms. The zero-order valence-electron chi connectivity index (χ0n) is 10.2. The number of hydrogen-bond donors (Lipinski definition) is 2. The predicted octanol–water partition coefficient (Wildman–Crippen LogP) is 2.32. The van der Waals surface area contributed by atoms with Crippen molar-refractivity contribution in [2.75, 3.05) is 0 Å². The van der Waals surface area contributed by atoms with Gasteiger partial charge >= 0.3 is 0 Å². The average Bonchev–Trinajstić information content (AvgIpc) is 2.76. The van der Waals surface area contributed by atoms with E-state index in [0.29, 0.717) is 5.92 Å². The Morgan fingerprint density at radius 3 is 2.88 bits per heavy atom. The summed E-state index contributed by atoms with van der Waals surface area (Å²) in [4.78, 5) is 19.4. The Kier molecular flexibility index (Phi) is 2.02. The highest BCUT2D eigenvalue weighted by atomic mass is 16.1. The third-order valence-electron chi connectivity index (χ3n) is 3.47. The zero-order chi connectivity index (χ0) is 12.2. The van der Waals surface area contributed by atoms with Gasteiger partial charge in [0.1, 0.15) is 5.69 Å². The topological polar surface area (TPSA) is 57.8 Å². The molecule has 17 heavy (non-hydrogen) atoms. The van der Waals surface area contributed by atoms with Crippen LogP contribution in [-0.4, -0.2) is 21.9 Å². The molecule has 0 unspecified atom stereocenters. The second-order valence-electron chi connectivity index (χ2n) is 4.99. The van der Waals surface area contributed by atoms with E-state index in [0.717, 1.165) is 27.9 Å². The summed E-state index contributed by atoms with van der Waals surface area (Å²) in [6.07, 6.45) is 1.77. The number of amides is 1. The molecule has 0 saturated carbocycles. The van der Waals surface area contributed by atoms with E-state index < -0.39 is 0 Å². The second kappa shape index (κ2) is 3.32. The molecule has 0 aromatic carbocycles. The van der Waals surface area contributed by atoms with Gasteiger partial charge in [-0.1, -0.05) is 13.8 Å². The average molecular weight is 229 g/mol. The maximum absolute atomic E-state index is 12.1. The van der Waals surface area contributed by atoms with E-state index in [1.54, 1.807) is 6.20 Å². The highest BCUT2D eigenvalue weighted by molar-refractivity contribution is 6.13. The standard InChI is InChI=1S/C13H15N3O/c1-6(2)7(3)15-13(17)9-5-14-11-8(9)4-10-12(11)16-10/h4-7,14H,1-3H3,(H,15,17)/t7-/m1/s1. The number of pyridine rings is 1. The lowest BCUT2D eigenvalue weighted by Crippen LogP contribution is -2.35. The second-order valence-corrected chi connectivity index (χ2v) is 4.99. The van der Waals surface area contributed by atoms with Crippen molar-refractivity contribution in [1.29, 1.82) is 0 Å². The largest absolute Gasteiger partial charge is 0.359 e. The molecule has 3 rings (SSSR count). The summed E-state index contributed by atoms with van der Waals surface area (Å²) >= 11 is 0. The molecule has 0 spiro atoms. The van der Waals surface area contributed by atoms with Crippen molar-refractivity contribution in [2.24, 2.45) is 5.92 Å². The van der Waals surface area contributed by atoms with Gasteiger partial charge in [-0.2, -0.15) is 0 Å². The number of carbonyl (C=O) groups is 1. The zero-order valence-corrected chi connectivity index (χ0v) is 10.2. The van der Waals surface area contributed by atoms with E-state index in [9.17, 15) is 4.79 Å². The van der Waals surface area contributed by atoms with Crippen LogP contribution in [0.15, 0.2) is 12.3 Å². The highest BCUT2D eigenvalue weighted by Gasteiger charge is 2.26. The molecular weight excluding hydrogens is 214 g/mol. The molecule has 2 heterocycles. The molecule has 0 saturated heterocycles. The van der Waals surface area contributed by atoms with E-state index in [1.807, 2.05) is 13.0 Å². The van der Waals surface area contributed by atoms with Gasteiger partial charge in [0.25, 0.3) is 5.91 Å². The lowest BCUT2D eigenvalue weighted by atomic mass is 10.1. The number of aromatic amines is 1. The van der Waals surface area contributed by atoms with Gasteiger partial charge in [0.15, 0.2) is 0 Å². The number of H-pyrrole nitrogens is 1. The number of aromatic nitrogens is 2. The predicted molar refractivity (Wildman–Crippen MR) is 66.9 cm³/mol. The Morgan fingerprint density at radius 1 is 1.41 bits per heavy atom. The van der Waals surface area contributed by atoms with Crippen molar-refractivity contribution < 1.29 is 4.79 Å². The van der Waals surface area contributed by atoms with Crippen molar-refractivity contribution in [3.05, 3.63) is 17.8 Å². The summed E-state index contributed by atoms with van der Waals surface area (Å²) in [6.45, 7) is 6.21. The molecule has 2 N–H and O–H groups in total. The third kappa shape index (κ3) is 1.52. The maximum Gasteiger partial charge on any atom is 0.253 e. The number of rotatable bonds is 3. The molecule has 0 bridgehead atoms. The maximum atomic E-state index is 12.1. The molecule has 1 amide bonds. The van der Waals surface area contributed by atoms with Crippen LogP contribution >= 0.6 is 0 Å². The molecule has 1 aliphatic carbocycles. The van der Waals surface area contributed by atoms with Gasteiger partial charge in [-0.3, -0.25) is 4.79 Å². The van der Waals surface area contributed by atoms with Gasteiger partial charge in [0.05, 0.1) is 16.8 Å². The van der Waals surface area contributed by atoms with Gasteiger partial charge < -0.3 is 10.3 Å². The fourth-order valence-electron chi connectivity index (χ4n) is 1.93. The Labute approximate surface area is 99.4 Å². The van der Waals surface area contributed by atoms with Crippen LogP contribution in [0.25, 0.3) is 22.3 Å². The first-order chi connectivity index (χ1) is 8.08. The van der Waals surface area contributed by atoms with Crippen molar-refractivity contribution in [3.8, 4) is 11.4 Å². The van der Waals surface area contributed by atoms with E-state index in [2.05, 4.69) is 29.1 Å². The molecule has 1 aliphatic heterocycles. The Bertz CT molecular complexity index is 612. The summed E-state index contributed by atoms with van der Waals surface area (Å²) in [5, 5.41) is 4.00. The van der Waals surface area contributed by atoms with Gasteiger partial charge in [0.2, 0.25) is 0 Å². The lowest BCUT2D eigenvalue weighted by molar-refractivity contribution is 0.0932. The van der Waals surface area contributed by atoms with Crippen LogP contribution in [0.3, 0.4) is 0 Å². The quantitative estimate of drug-likeness (QED) is 0.724. The van der Waals surface area contributed by atoms with Gasteiger partial charge in [0, 0.05) is 17.6 Å². The highest BCUT2D eigenvalue weighted by Crippen LogP contribution is 2.38. The molecule has 0 radical (unpaired) electrons. The Hall–Kier alpha value is -1.84. The lowest BCUT2D eigenvalue weighted by Gasteiger charge is -2.16. The number of nitrogens with one attached hydrogen (secondary N) is 2. The molecular formula is C13H15N3O. The van der Waals surface area contributed by atoms with E-state index in [-0.39, 0.29) is 11.9 Å². The first-order valence-corrected chi connectivity index (χ1v) is 5.91. The van der Waals surface area contributed by atoms with Crippen LogP contribution in [0.2, 0.25) is 0 Å². The van der Waals surface area contributed by atoms with Crippen LogP contribution in [0.1, 0.15) is 31.1 Å². The van der Waals surface area contributed by atoms with Gasteiger partial charge in [-0.05, 0) is 18.9 Å².